The molecule has 1 aromatic carbocycles. The van der Waals surface area contributed by atoms with Crippen LogP contribution in [0.5, 0.6) is 11.5 Å². The number of pyridine rings is 1. The van der Waals surface area contributed by atoms with Crippen LogP contribution in [0.15, 0.2) is 36.7 Å². The molecule has 1 saturated heterocycles. The lowest BCUT2D eigenvalue weighted by atomic mass is 9.85. The average molecular weight is 533 g/mol. The van der Waals surface area contributed by atoms with Gasteiger partial charge in [0.15, 0.2) is 0 Å². The molecule has 8 nitrogen and oxygen atoms in total. The van der Waals surface area contributed by atoms with Crippen LogP contribution >= 0.6 is 0 Å². The Morgan fingerprint density at radius 2 is 1.95 bits per heavy atom. The molecular formula is C27H31F3N4O4. The second kappa shape index (κ2) is 10.5. The lowest BCUT2D eigenvalue weighted by molar-refractivity contribution is -0.0502. The van der Waals surface area contributed by atoms with Crippen molar-refractivity contribution in [2.24, 2.45) is 0 Å². The Morgan fingerprint density at radius 3 is 2.61 bits per heavy atom. The Kier molecular flexibility index (Phi) is 7.23. The molecule has 3 heterocycles. The number of carbonyl (C=O) groups excluding carboxylic acids is 1. The zero-order chi connectivity index (χ0) is 27.0. The van der Waals surface area contributed by atoms with Crippen molar-refractivity contribution in [1.82, 2.24) is 19.8 Å². The number of amides is 1. The highest BCUT2D eigenvalue weighted by Crippen LogP contribution is 2.38. The summed E-state index contributed by atoms with van der Waals surface area (Å²) in [5, 5.41) is 7.00. The van der Waals surface area contributed by atoms with Gasteiger partial charge in [0.05, 0.1) is 38.1 Å². The van der Waals surface area contributed by atoms with Gasteiger partial charge in [0.2, 0.25) is 0 Å². The number of ether oxygens (including phenoxy) is 3. The minimum Gasteiger partial charge on any atom is -0.496 e. The summed E-state index contributed by atoms with van der Waals surface area (Å²) >= 11 is 0. The quantitative estimate of drug-likeness (QED) is 0.448. The molecule has 0 unspecified atom stereocenters. The van der Waals surface area contributed by atoms with Gasteiger partial charge < -0.3 is 19.5 Å². The lowest BCUT2D eigenvalue weighted by Crippen LogP contribution is -2.43. The van der Waals surface area contributed by atoms with E-state index in [4.69, 9.17) is 14.2 Å². The number of fused-ring (bicyclic) bond motifs is 1. The number of carbonyl (C=O) groups is 1. The molecule has 38 heavy (non-hydrogen) atoms. The van der Waals surface area contributed by atoms with Crippen molar-refractivity contribution in [3.63, 3.8) is 0 Å². The van der Waals surface area contributed by atoms with Crippen LogP contribution in [0.3, 0.4) is 0 Å². The number of nitrogens with one attached hydrogen (secondary N) is 1. The predicted octanol–water partition coefficient (Wildman–Crippen LogP) is 4.06. The molecule has 0 radical (unpaired) electrons. The third-order valence-electron chi connectivity index (χ3n) is 7.09. The maximum absolute atomic E-state index is 13.3. The van der Waals surface area contributed by atoms with E-state index in [0.717, 1.165) is 43.9 Å². The smallest absolute Gasteiger partial charge is 0.387 e. The van der Waals surface area contributed by atoms with Crippen LogP contribution < -0.4 is 14.8 Å². The fraction of sp³-hybridized carbons (Fsp3) is 0.481. The molecule has 1 saturated carbocycles. The number of methoxy groups -OCH3 is 1. The number of alkyl halides is 3. The van der Waals surface area contributed by atoms with Gasteiger partial charge in [-0.3, -0.25) is 9.69 Å². The molecule has 0 spiro atoms. The third-order valence-corrected chi connectivity index (χ3v) is 7.09. The molecule has 204 valence electrons. The van der Waals surface area contributed by atoms with Gasteiger partial charge in [-0.05, 0) is 29.3 Å². The molecule has 3 aromatic rings. The van der Waals surface area contributed by atoms with E-state index >= 15 is 0 Å². The monoisotopic (exact) mass is 532 g/mol. The Hall–Kier alpha value is -3.31. The van der Waals surface area contributed by atoms with E-state index in [1.165, 1.54) is 13.2 Å². The summed E-state index contributed by atoms with van der Waals surface area (Å²) in [6.45, 7) is 5.32. The van der Waals surface area contributed by atoms with Crippen molar-refractivity contribution in [3.8, 4) is 22.6 Å². The van der Waals surface area contributed by atoms with Crippen molar-refractivity contribution in [2.45, 2.75) is 44.5 Å². The Balaban J connectivity index is 1.48. The van der Waals surface area contributed by atoms with Crippen molar-refractivity contribution in [3.05, 3.63) is 47.8 Å². The third kappa shape index (κ3) is 5.44. The van der Waals surface area contributed by atoms with Gasteiger partial charge >= 0.3 is 6.61 Å². The number of nitrogens with zero attached hydrogens (tertiary/aromatic N) is 3. The Morgan fingerprint density at radius 1 is 1.24 bits per heavy atom. The summed E-state index contributed by atoms with van der Waals surface area (Å²) in [6, 6.07) is 6.26. The van der Waals surface area contributed by atoms with Gasteiger partial charge in [0, 0.05) is 43.2 Å². The number of hydrogen-bond acceptors (Lipinski definition) is 6. The molecule has 0 bridgehead atoms. The van der Waals surface area contributed by atoms with Crippen LogP contribution in [-0.2, 0) is 10.2 Å². The SMILES string of the molecule is COc1cc(-c2cnn3cc(C(C)(C)CN4CCOCC4)ccc23)cc(OC(F)F)c1C(=O)N[C@@H]1C[C@@H]1F. The summed E-state index contributed by atoms with van der Waals surface area (Å²) in [5.74, 6) is -1.05. The maximum atomic E-state index is 13.3. The van der Waals surface area contributed by atoms with Gasteiger partial charge in [0.25, 0.3) is 5.91 Å². The average Bonchev–Trinajstić information content (AvgIpc) is 3.40. The van der Waals surface area contributed by atoms with E-state index < -0.39 is 24.7 Å². The van der Waals surface area contributed by atoms with Crippen LogP contribution in [0, 0.1) is 0 Å². The van der Waals surface area contributed by atoms with Crippen molar-refractivity contribution < 1.29 is 32.2 Å². The van der Waals surface area contributed by atoms with Crippen LogP contribution in [0.4, 0.5) is 13.2 Å². The highest BCUT2D eigenvalue weighted by molar-refractivity contribution is 6.01. The fourth-order valence-corrected chi connectivity index (χ4v) is 4.89. The van der Waals surface area contributed by atoms with E-state index in [9.17, 15) is 18.0 Å². The van der Waals surface area contributed by atoms with E-state index in [-0.39, 0.29) is 28.9 Å². The minimum atomic E-state index is -3.17. The summed E-state index contributed by atoms with van der Waals surface area (Å²) < 4.78 is 57.3. The molecule has 1 amide bonds. The number of benzene rings is 1. The van der Waals surface area contributed by atoms with Crippen LogP contribution in [0.2, 0.25) is 0 Å². The van der Waals surface area contributed by atoms with Crippen molar-refractivity contribution >= 4 is 11.4 Å². The Bertz CT molecular complexity index is 1320. The van der Waals surface area contributed by atoms with Gasteiger partial charge in [0.1, 0.15) is 23.2 Å². The number of hydrogen-bond donors (Lipinski definition) is 1. The maximum Gasteiger partial charge on any atom is 0.387 e. The second-order valence-electron chi connectivity index (χ2n) is 10.3. The first-order chi connectivity index (χ1) is 18.2. The molecule has 2 fully saturated rings. The first-order valence-electron chi connectivity index (χ1n) is 12.6. The normalized spacial score (nSPS) is 20.1. The van der Waals surface area contributed by atoms with Gasteiger partial charge in [-0.25, -0.2) is 8.91 Å². The fourth-order valence-electron chi connectivity index (χ4n) is 4.89. The molecule has 11 heteroatoms. The summed E-state index contributed by atoms with van der Waals surface area (Å²) in [5.41, 5.74) is 2.63. The van der Waals surface area contributed by atoms with Gasteiger partial charge in [-0.1, -0.05) is 19.9 Å². The number of halogens is 3. The zero-order valence-corrected chi connectivity index (χ0v) is 21.5. The minimum absolute atomic E-state index is 0.0364. The summed E-state index contributed by atoms with van der Waals surface area (Å²) in [4.78, 5) is 15.2. The lowest BCUT2D eigenvalue weighted by Gasteiger charge is -2.35. The highest BCUT2D eigenvalue weighted by Gasteiger charge is 2.40. The predicted molar refractivity (Wildman–Crippen MR) is 135 cm³/mol. The van der Waals surface area contributed by atoms with Crippen LogP contribution in [0.1, 0.15) is 36.2 Å². The number of rotatable bonds is 9. The molecule has 2 atom stereocenters. The zero-order valence-electron chi connectivity index (χ0n) is 21.5. The number of morpholine rings is 1. The second-order valence-corrected chi connectivity index (χ2v) is 10.3. The van der Waals surface area contributed by atoms with Crippen LogP contribution in [0.25, 0.3) is 16.6 Å². The molecule has 5 rings (SSSR count). The molecule has 2 aliphatic rings. The Labute approximate surface area is 218 Å². The summed E-state index contributed by atoms with van der Waals surface area (Å²) in [6.07, 6.45) is 2.64. The first-order valence-corrected chi connectivity index (χ1v) is 12.6. The first kappa shape index (κ1) is 26.3. The van der Waals surface area contributed by atoms with Crippen molar-refractivity contribution in [2.75, 3.05) is 40.0 Å². The van der Waals surface area contributed by atoms with Gasteiger partial charge in [-0.15, -0.1) is 0 Å². The largest absolute Gasteiger partial charge is 0.496 e. The van der Waals surface area contributed by atoms with E-state index in [2.05, 4.69) is 29.2 Å². The van der Waals surface area contributed by atoms with Gasteiger partial charge in [-0.2, -0.15) is 13.9 Å². The topological polar surface area (TPSA) is 77.3 Å². The molecule has 1 aliphatic heterocycles. The summed E-state index contributed by atoms with van der Waals surface area (Å²) in [7, 11) is 1.33. The van der Waals surface area contributed by atoms with E-state index in [1.54, 1.807) is 16.8 Å². The van der Waals surface area contributed by atoms with Crippen LogP contribution in [-0.4, -0.2) is 79.2 Å². The highest BCUT2D eigenvalue weighted by atomic mass is 19.3. The molecule has 1 aliphatic carbocycles. The van der Waals surface area contributed by atoms with E-state index in [0.29, 0.717) is 11.1 Å². The number of aromatic nitrogens is 2. The van der Waals surface area contributed by atoms with E-state index in [1.807, 2.05) is 18.3 Å². The molecular weight excluding hydrogens is 501 g/mol. The molecule has 2 aromatic heterocycles. The standard InChI is InChI=1S/C27H31F3N4O4/c1-27(2,15-33-6-8-37-9-7-33)17-4-5-21-18(13-31-34(21)14-17)16-10-22(36-3)24(23(11-16)38-26(29)30)25(35)32-20-12-19(20)28/h4-5,10-11,13-14,19-20,26H,6-9,12,15H2,1-3H3,(H,32,35)/t19-,20+/m0/s1. The van der Waals surface area contributed by atoms with Crippen molar-refractivity contribution in [1.29, 1.82) is 0 Å². The molecule has 1 N–H and O–H groups in total.